The molecule has 16 heavy (non-hydrogen) atoms. The summed E-state index contributed by atoms with van der Waals surface area (Å²) in [7, 11) is 1.62. The van der Waals surface area contributed by atoms with Crippen molar-refractivity contribution in [3.8, 4) is 16.5 Å². The molecule has 0 aromatic carbocycles. The molecule has 0 aliphatic rings. The van der Waals surface area contributed by atoms with Crippen LogP contribution < -0.4 is 10.5 Å². The fraction of sp³-hybridized carbons (Fsp3) is 0.400. The van der Waals surface area contributed by atoms with Crippen molar-refractivity contribution in [2.24, 2.45) is 5.73 Å². The van der Waals surface area contributed by atoms with Crippen LogP contribution >= 0.6 is 11.3 Å². The first-order valence-corrected chi connectivity index (χ1v) is 5.84. The molecule has 1 atom stereocenters. The Labute approximate surface area is 97.2 Å². The molecule has 0 spiro atoms. The second kappa shape index (κ2) is 4.63. The third kappa shape index (κ3) is 2.07. The van der Waals surface area contributed by atoms with Crippen LogP contribution in [0.2, 0.25) is 0 Å². The summed E-state index contributed by atoms with van der Waals surface area (Å²) < 4.78 is 10.6. The van der Waals surface area contributed by atoms with Crippen LogP contribution in [0.3, 0.4) is 0 Å². The van der Waals surface area contributed by atoms with E-state index in [4.69, 9.17) is 14.9 Å². The maximum atomic E-state index is 5.80. The van der Waals surface area contributed by atoms with Crippen LogP contribution in [0.25, 0.3) is 10.8 Å². The van der Waals surface area contributed by atoms with Crippen LogP contribution in [-0.4, -0.2) is 17.3 Å². The second-order valence-electron chi connectivity index (χ2n) is 3.31. The minimum absolute atomic E-state index is 0.192. The van der Waals surface area contributed by atoms with Gasteiger partial charge in [-0.05, 0) is 6.42 Å². The number of hydrogen-bond donors (Lipinski definition) is 1. The largest absolute Gasteiger partial charge is 0.496 e. The summed E-state index contributed by atoms with van der Waals surface area (Å²) in [5.74, 6) is 1.76. The van der Waals surface area contributed by atoms with Crippen molar-refractivity contribution in [1.29, 1.82) is 0 Å². The Hall–Kier alpha value is -1.40. The highest BCUT2D eigenvalue weighted by Gasteiger charge is 2.15. The van der Waals surface area contributed by atoms with Gasteiger partial charge in [0.2, 0.25) is 5.89 Å². The average Bonchev–Trinajstić information content (AvgIpc) is 2.95. The molecular weight excluding hydrogens is 226 g/mol. The maximum Gasteiger partial charge on any atom is 0.257 e. The van der Waals surface area contributed by atoms with Crippen molar-refractivity contribution >= 4 is 11.3 Å². The summed E-state index contributed by atoms with van der Waals surface area (Å²) in [5.41, 5.74) is 5.80. The number of methoxy groups -OCH3 is 1. The van der Waals surface area contributed by atoms with Crippen LogP contribution in [0.5, 0.6) is 5.75 Å². The quantitative estimate of drug-likeness (QED) is 0.885. The van der Waals surface area contributed by atoms with Gasteiger partial charge in [-0.15, -0.1) is 21.5 Å². The molecule has 5 nitrogen and oxygen atoms in total. The standard InChI is InChI=1S/C10H13N3O2S/c1-3-7(11)9-12-13-10(15-9)8-4-6(14-2)5-16-8/h4-5,7H,3,11H2,1-2H3. The summed E-state index contributed by atoms with van der Waals surface area (Å²) in [5, 5.41) is 9.77. The van der Waals surface area contributed by atoms with Gasteiger partial charge in [0.25, 0.3) is 5.89 Å². The number of thiophene rings is 1. The molecule has 2 aromatic rings. The Balaban J connectivity index is 2.24. The van der Waals surface area contributed by atoms with Crippen LogP contribution in [0, 0.1) is 0 Å². The molecule has 2 heterocycles. The number of nitrogens with zero attached hydrogens (tertiary/aromatic N) is 2. The van der Waals surface area contributed by atoms with Gasteiger partial charge in [-0.1, -0.05) is 6.92 Å². The fourth-order valence-corrected chi connectivity index (χ4v) is 1.97. The molecule has 0 fully saturated rings. The number of ether oxygens (including phenoxy) is 1. The lowest BCUT2D eigenvalue weighted by atomic mass is 10.2. The normalized spacial score (nSPS) is 12.7. The van der Waals surface area contributed by atoms with Gasteiger partial charge in [0.1, 0.15) is 5.75 Å². The van der Waals surface area contributed by atoms with Crippen molar-refractivity contribution < 1.29 is 9.15 Å². The van der Waals surface area contributed by atoms with E-state index >= 15 is 0 Å². The predicted molar refractivity (Wildman–Crippen MR) is 61.4 cm³/mol. The second-order valence-corrected chi connectivity index (χ2v) is 4.22. The molecule has 0 saturated heterocycles. The van der Waals surface area contributed by atoms with Gasteiger partial charge in [0, 0.05) is 11.4 Å². The molecule has 0 aliphatic heterocycles. The molecular formula is C10H13N3O2S. The molecule has 1 unspecified atom stereocenters. The summed E-state index contributed by atoms with van der Waals surface area (Å²) >= 11 is 1.50. The van der Waals surface area contributed by atoms with Gasteiger partial charge in [0.15, 0.2) is 0 Å². The molecule has 2 rings (SSSR count). The Bertz CT molecular complexity index is 466. The smallest absolute Gasteiger partial charge is 0.257 e. The van der Waals surface area contributed by atoms with Gasteiger partial charge in [-0.2, -0.15) is 0 Å². The third-order valence-electron chi connectivity index (χ3n) is 2.22. The van der Waals surface area contributed by atoms with Crippen molar-refractivity contribution in [2.45, 2.75) is 19.4 Å². The molecule has 0 aliphatic carbocycles. The van der Waals surface area contributed by atoms with E-state index in [1.807, 2.05) is 18.4 Å². The first-order valence-electron chi connectivity index (χ1n) is 4.96. The average molecular weight is 239 g/mol. The number of aromatic nitrogens is 2. The highest BCUT2D eigenvalue weighted by atomic mass is 32.1. The molecule has 2 aromatic heterocycles. The van der Waals surface area contributed by atoms with Crippen LogP contribution in [0.4, 0.5) is 0 Å². The topological polar surface area (TPSA) is 74.2 Å². The minimum Gasteiger partial charge on any atom is -0.496 e. The maximum absolute atomic E-state index is 5.80. The van der Waals surface area contributed by atoms with E-state index < -0.39 is 0 Å². The lowest BCUT2D eigenvalue weighted by molar-refractivity contribution is 0.416. The van der Waals surface area contributed by atoms with E-state index in [9.17, 15) is 0 Å². The first-order chi connectivity index (χ1) is 7.74. The monoisotopic (exact) mass is 239 g/mol. The molecule has 0 amide bonds. The molecule has 0 bridgehead atoms. The van der Waals surface area contributed by atoms with Crippen molar-refractivity contribution in [1.82, 2.24) is 10.2 Å². The zero-order valence-electron chi connectivity index (χ0n) is 9.14. The van der Waals surface area contributed by atoms with E-state index in [0.29, 0.717) is 11.8 Å². The van der Waals surface area contributed by atoms with Gasteiger partial charge in [-0.3, -0.25) is 0 Å². The summed E-state index contributed by atoms with van der Waals surface area (Å²) in [6.07, 6.45) is 0.773. The van der Waals surface area contributed by atoms with Crippen molar-refractivity contribution in [3.63, 3.8) is 0 Å². The fourth-order valence-electron chi connectivity index (χ4n) is 1.20. The lowest BCUT2D eigenvalue weighted by Crippen LogP contribution is -2.08. The van der Waals surface area contributed by atoms with E-state index in [1.54, 1.807) is 7.11 Å². The number of nitrogens with two attached hydrogens (primary N) is 1. The van der Waals surface area contributed by atoms with E-state index in [0.717, 1.165) is 17.0 Å². The predicted octanol–water partition coefficient (Wildman–Crippen LogP) is 2.22. The molecule has 0 saturated carbocycles. The van der Waals surface area contributed by atoms with E-state index in [2.05, 4.69) is 10.2 Å². The Kier molecular flexibility index (Phi) is 3.21. The van der Waals surface area contributed by atoms with Crippen molar-refractivity contribution in [3.05, 3.63) is 17.3 Å². The summed E-state index contributed by atoms with van der Waals surface area (Å²) in [6, 6.07) is 1.67. The van der Waals surface area contributed by atoms with Crippen LogP contribution in [0.1, 0.15) is 25.3 Å². The lowest BCUT2D eigenvalue weighted by Gasteiger charge is -1.99. The number of hydrogen-bond acceptors (Lipinski definition) is 6. The zero-order chi connectivity index (χ0) is 11.5. The zero-order valence-corrected chi connectivity index (χ0v) is 9.95. The molecule has 0 radical (unpaired) electrons. The highest BCUT2D eigenvalue weighted by Crippen LogP contribution is 2.30. The Morgan fingerprint density at radius 2 is 2.38 bits per heavy atom. The Morgan fingerprint density at radius 1 is 1.56 bits per heavy atom. The number of rotatable bonds is 4. The molecule has 86 valence electrons. The van der Waals surface area contributed by atoms with E-state index in [-0.39, 0.29) is 6.04 Å². The van der Waals surface area contributed by atoms with Gasteiger partial charge >= 0.3 is 0 Å². The van der Waals surface area contributed by atoms with E-state index in [1.165, 1.54) is 11.3 Å². The highest BCUT2D eigenvalue weighted by molar-refractivity contribution is 7.13. The van der Waals surface area contributed by atoms with Gasteiger partial charge in [0.05, 0.1) is 18.0 Å². The molecule has 6 heteroatoms. The molecule has 2 N–H and O–H groups in total. The third-order valence-corrected chi connectivity index (χ3v) is 3.12. The first kappa shape index (κ1) is 11.1. The summed E-state index contributed by atoms with van der Waals surface area (Å²) in [4.78, 5) is 0.888. The van der Waals surface area contributed by atoms with Crippen molar-refractivity contribution in [2.75, 3.05) is 7.11 Å². The van der Waals surface area contributed by atoms with Crippen LogP contribution in [-0.2, 0) is 0 Å². The Morgan fingerprint density at radius 3 is 3.00 bits per heavy atom. The minimum atomic E-state index is -0.192. The van der Waals surface area contributed by atoms with Gasteiger partial charge in [-0.25, -0.2) is 0 Å². The van der Waals surface area contributed by atoms with Gasteiger partial charge < -0.3 is 14.9 Å². The summed E-state index contributed by atoms with van der Waals surface area (Å²) in [6.45, 7) is 1.97. The SMILES string of the molecule is CCC(N)c1nnc(-c2cc(OC)cs2)o1. The van der Waals surface area contributed by atoms with Crippen LogP contribution in [0.15, 0.2) is 15.9 Å².